The number of aliphatic hydroxyl groups excluding tert-OH is 4. The maximum atomic E-state index is 10.0. The van der Waals surface area contributed by atoms with Crippen LogP contribution in [-0.4, -0.2) is 65.7 Å². The van der Waals surface area contributed by atoms with Crippen molar-refractivity contribution >= 4 is 35.1 Å². The van der Waals surface area contributed by atoms with E-state index >= 15 is 0 Å². The Balaban J connectivity index is -0.0000000600. The van der Waals surface area contributed by atoms with Crippen LogP contribution in [0.2, 0.25) is 0 Å². The summed E-state index contributed by atoms with van der Waals surface area (Å²) in [4.78, 5) is 58.9. The average Bonchev–Trinajstić information content (AvgIpc) is 2.49. The Kier molecular flexibility index (Phi) is 45.4. The quantitative estimate of drug-likeness (QED) is 0.101. The first-order valence-corrected chi connectivity index (χ1v) is 9.58. The largest absolute Gasteiger partial charge is 0.512 e. The van der Waals surface area contributed by atoms with Gasteiger partial charge in [0.25, 0.3) is 0 Å². The number of hydrogen-bond donors (Lipinski definition) is 6. The van der Waals surface area contributed by atoms with Gasteiger partial charge in [-0.3, -0.25) is 28.8 Å². The first kappa shape index (κ1) is 50.8. The van der Waals surface area contributed by atoms with E-state index in [2.05, 4.69) is 0 Å². The molecule has 37 heavy (non-hydrogen) atoms. The first-order valence-electron chi connectivity index (χ1n) is 9.58. The molecule has 0 aliphatic rings. The van der Waals surface area contributed by atoms with Crippen LogP contribution in [0.4, 0.5) is 0 Å². The molecule has 0 rings (SSSR count). The van der Waals surface area contributed by atoms with Crippen molar-refractivity contribution in [3.05, 3.63) is 47.3 Å². The van der Waals surface area contributed by atoms with Crippen molar-refractivity contribution in [3.8, 4) is 0 Å². The predicted molar refractivity (Wildman–Crippen MR) is 128 cm³/mol. The molecule has 0 fully saturated rings. The van der Waals surface area contributed by atoms with Crippen LogP contribution < -0.4 is 0 Å². The van der Waals surface area contributed by atoms with Crippen LogP contribution in [0.15, 0.2) is 47.3 Å². The van der Waals surface area contributed by atoms with E-state index in [9.17, 15) is 28.8 Å². The Morgan fingerprint density at radius 3 is 0.541 bits per heavy atom. The van der Waals surface area contributed by atoms with Gasteiger partial charge in [-0.05, 0) is 55.4 Å². The summed E-state index contributed by atoms with van der Waals surface area (Å²) in [5.41, 5.74) is 0. The monoisotopic (exact) mass is 708 g/mol. The molecule has 0 amide bonds. The van der Waals surface area contributed by atoms with Gasteiger partial charge in [-0.1, -0.05) is 0 Å². The van der Waals surface area contributed by atoms with E-state index in [1.165, 1.54) is 79.7 Å². The fraction of sp³-hybridized carbons (Fsp3) is 0.391. The number of carbonyl (C=O) groups is 6. The maximum Gasteiger partial charge on any atom is 0.314 e. The Morgan fingerprint density at radius 1 is 0.405 bits per heavy atom. The number of carboxylic acid groups (broad SMARTS) is 2. The molecule has 0 unspecified atom stereocenters. The molecular formula is C23H36O12Ru2. The Hall–Kier alpha value is -2.97. The summed E-state index contributed by atoms with van der Waals surface area (Å²) in [5, 5.41) is 48.9. The molecule has 0 saturated carbocycles. The molecule has 6 N–H and O–H groups in total. The third kappa shape index (κ3) is 110. The third-order valence-electron chi connectivity index (χ3n) is 1.95. The summed E-state index contributed by atoms with van der Waals surface area (Å²) >= 11 is 0. The van der Waals surface area contributed by atoms with Crippen LogP contribution in [0.25, 0.3) is 0 Å². The van der Waals surface area contributed by atoms with Gasteiger partial charge in [-0.25, -0.2) is 0 Å². The van der Waals surface area contributed by atoms with Gasteiger partial charge in [0.1, 0.15) is 6.42 Å². The predicted octanol–water partition coefficient (Wildman–Crippen LogP) is 3.69. The van der Waals surface area contributed by atoms with E-state index in [1.807, 2.05) is 0 Å². The zero-order valence-corrected chi connectivity index (χ0v) is 25.3. The van der Waals surface area contributed by atoms with Gasteiger partial charge in [0.2, 0.25) is 0 Å². The molecule has 0 radical (unpaired) electrons. The molecule has 0 atom stereocenters. The molecule has 0 aliphatic heterocycles. The fourth-order valence-corrected chi connectivity index (χ4v) is 1.31. The zero-order chi connectivity index (χ0) is 29.3. The van der Waals surface area contributed by atoms with Gasteiger partial charge in [-0.15, -0.1) is 0 Å². The molecule has 0 spiro atoms. The molecule has 0 bridgehead atoms. The standard InChI is InChI=1S/4C5H8O2.C3H4O4.2Ru/c4*1-4(6)3-5(2)7;4-2(5)1-3(6)7;;/h4*3,6H,1-2H3;1H2,(H,4,5)(H,6,7);;/b4*4-3-;;;. The van der Waals surface area contributed by atoms with Crippen molar-refractivity contribution in [2.75, 3.05) is 0 Å². The molecule has 0 heterocycles. The van der Waals surface area contributed by atoms with Crippen molar-refractivity contribution in [3.63, 3.8) is 0 Å². The van der Waals surface area contributed by atoms with Gasteiger partial charge < -0.3 is 30.6 Å². The summed E-state index contributed by atoms with van der Waals surface area (Å²) < 4.78 is 0. The van der Waals surface area contributed by atoms with Gasteiger partial charge >= 0.3 is 11.9 Å². The van der Waals surface area contributed by atoms with Crippen LogP contribution >= 0.6 is 0 Å². The number of carbonyl (C=O) groups excluding carboxylic acids is 4. The van der Waals surface area contributed by atoms with Crippen molar-refractivity contribution in [2.45, 2.75) is 61.8 Å². The second kappa shape index (κ2) is 33.0. The zero-order valence-electron chi connectivity index (χ0n) is 21.9. The molecule has 0 aromatic rings. The van der Waals surface area contributed by atoms with Crippen LogP contribution in [0.3, 0.4) is 0 Å². The molecular weight excluding hydrogens is 670 g/mol. The van der Waals surface area contributed by atoms with Crippen LogP contribution in [0.1, 0.15) is 61.8 Å². The topological polar surface area (TPSA) is 224 Å². The average molecular weight is 707 g/mol. The van der Waals surface area contributed by atoms with Crippen LogP contribution in [0, 0.1) is 0 Å². The Bertz CT molecular complexity index is 699. The minimum atomic E-state index is -1.31. The van der Waals surface area contributed by atoms with E-state index in [1.54, 1.807) is 0 Å². The SMILES string of the molecule is CC(=O)/C=C(/C)O.CC(=O)/C=C(/C)O.CC(=O)/C=C(/C)O.CC(=O)/C=C(/C)O.O=C(O)CC(=O)O.[Ru].[Ru]. The van der Waals surface area contributed by atoms with Crippen LogP contribution in [0.5, 0.6) is 0 Å². The molecule has 0 aromatic carbocycles. The van der Waals surface area contributed by atoms with Gasteiger partial charge in [-0.2, -0.15) is 0 Å². The molecule has 0 saturated heterocycles. The van der Waals surface area contributed by atoms with Crippen molar-refractivity contribution in [1.29, 1.82) is 0 Å². The molecule has 216 valence electrons. The molecule has 14 heteroatoms. The summed E-state index contributed by atoms with van der Waals surface area (Å²) in [6.45, 7) is 11.4. The maximum absolute atomic E-state index is 10.0. The molecule has 0 aliphatic carbocycles. The minimum absolute atomic E-state index is 0. The van der Waals surface area contributed by atoms with Crippen LogP contribution in [-0.2, 0) is 67.7 Å². The molecule has 12 nitrogen and oxygen atoms in total. The third-order valence-corrected chi connectivity index (χ3v) is 1.95. The van der Waals surface area contributed by atoms with Gasteiger partial charge in [0.15, 0.2) is 23.1 Å². The second-order valence-corrected chi connectivity index (χ2v) is 6.55. The summed E-state index contributed by atoms with van der Waals surface area (Å²) in [6, 6.07) is 0. The van der Waals surface area contributed by atoms with Crippen molar-refractivity contribution < 1.29 is 98.4 Å². The number of carboxylic acids is 2. The fourth-order valence-electron chi connectivity index (χ4n) is 1.31. The van der Waals surface area contributed by atoms with Crippen molar-refractivity contribution in [2.24, 2.45) is 0 Å². The summed E-state index contributed by atoms with van der Waals surface area (Å²) in [6.07, 6.45) is 3.86. The summed E-state index contributed by atoms with van der Waals surface area (Å²) in [7, 11) is 0. The number of allylic oxidation sites excluding steroid dienone is 8. The summed E-state index contributed by atoms with van der Waals surface area (Å²) in [5.74, 6) is -2.87. The van der Waals surface area contributed by atoms with E-state index in [4.69, 9.17) is 30.6 Å². The number of rotatable bonds is 6. The first-order chi connectivity index (χ1) is 15.6. The number of ketones is 4. The number of aliphatic carboxylic acids is 2. The van der Waals surface area contributed by atoms with E-state index in [0.29, 0.717) is 0 Å². The van der Waals surface area contributed by atoms with Gasteiger partial charge in [0, 0.05) is 63.3 Å². The second-order valence-electron chi connectivity index (χ2n) is 6.55. The molecule has 0 aromatic heterocycles. The van der Waals surface area contributed by atoms with E-state index in [0.717, 1.165) is 0 Å². The normalized spacial score (nSPS) is 10.2. The van der Waals surface area contributed by atoms with E-state index < -0.39 is 18.4 Å². The van der Waals surface area contributed by atoms with E-state index in [-0.39, 0.29) is 85.1 Å². The Labute approximate surface area is 242 Å². The number of aliphatic hydroxyl groups is 4. The Morgan fingerprint density at radius 2 is 0.541 bits per heavy atom. The minimum Gasteiger partial charge on any atom is -0.512 e. The smallest absolute Gasteiger partial charge is 0.314 e. The van der Waals surface area contributed by atoms with Crippen molar-refractivity contribution in [1.82, 2.24) is 0 Å². The number of hydrogen-bond acceptors (Lipinski definition) is 10. The van der Waals surface area contributed by atoms with Gasteiger partial charge in [0.05, 0.1) is 23.0 Å².